The molecular formula is C29H33F3N4OS. The number of aryl methyl sites for hydroxylation is 1. The summed E-state index contributed by atoms with van der Waals surface area (Å²) in [5, 5.41) is 5.39. The van der Waals surface area contributed by atoms with E-state index in [1.54, 1.807) is 5.38 Å². The lowest BCUT2D eigenvalue weighted by atomic mass is 9.97. The number of likely N-dealkylation sites (tertiary alicyclic amines) is 1. The molecular weight excluding hydrogens is 509 g/mol. The van der Waals surface area contributed by atoms with E-state index in [1.807, 2.05) is 11.0 Å². The zero-order valence-electron chi connectivity index (χ0n) is 21.3. The third-order valence-corrected chi connectivity index (χ3v) is 8.50. The number of carbonyl (C=O) groups excluding carboxylic acids is 1. The van der Waals surface area contributed by atoms with E-state index in [9.17, 15) is 18.0 Å². The van der Waals surface area contributed by atoms with Crippen molar-refractivity contribution in [3.63, 3.8) is 0 Å². The number of alkyl halides is 3. The third-order valence-electron chi connectivity index (χ3n) is 7.49. The highest BCUT2D eigenvalue weighted by atomic mass is 32.1. The van der Waals surface area contributed by atoms with Gasteiger partial charge in [-0.2, -0.15) is 13.2 Å². The summed E-state index contributed by atoms with van der Waals surface area (Å²) in [6, 6.07) is 14.1. The van der Waals surface area contributed by atoms with Crippen LogP contribution < -0.4 is 10.2 Å². The number of anilines is 2. The Balaban J connectivity index is 1.18. The monoisotopic (exact) mass is 542 g/mol. The highest BCUT2D eigenvalue weighted by Crippen LogP contribution is 2.37. The fourth-order valence-electron chi connectivity index (χ4n) is 5.37. The summed E-state index contributed by atoms with van der Waals surface area (Å²) in [6.45, 7) is 4.61. The summed E-state index contributed by atoms with van der Waals surface area (Å²) in [7, 11) is 0. The second-order valence-electron chi connectivity index (χ2n) is 10.2. The number of carbonyl (C=O) groups is 1. The van der Waals surface area contributed by atoms with Crippen molar-refractivity contribution in [2.24, 2.45) is 0 Å². The van der Waals surface area contributed by atoms with E-state index in [-0.39, 0.29) is 11.4 Å². The Labute approximate surface area is 225 Å². The van der Waals surface area contributed by atoms with Crippen LogP contribution in [-0.2, 0) is 12.6 Å². The van der Waals surface area contributed by atoms with Crippen LogP contribution in [0.25, 0.3) is 0 Å². The molecule has 2 saturated heterocycles. The topological polar surface area (TPSA) is 48.5 Å². The van der Waals surface area contributed by atoms with E-state index < -0.39 is 17.6 Å². The number of nitrogens with one attached hydrogen (secondary N) is 1. The molecule has 5 rings (SSSR count). The van der Waals surface area contributed by atoms with E-state index >= 15 is 0 Å². The Morgan fingerprint density at radius 1 is 1.03 bits per heavy atom. The van der Waals surface area contributed by atoms with Gasteiger partial charge >= 0.3 is 6.18 Å². The number of amides is 1. The predicted octanol–water partition coefficient (Wildman–Crippen LogP) is 6.83. The molecule has 0 aliphatic carbocycles. The maximum atomic E-state index is 13.4. The normalized spacial score (nSPS) is 17.2. The van der Waals surface area contributed by atoms with Gasteiger partial charge in [0.15, 0.2) is 0 Å². The van der Waals surface area contributed by atoms with E-state index in [1.165, 1.54) is 23.0 Å². The molecule has 38 heavy (non-hydrogen) atoms. The van der Waals surface area contributed by atoms with Crippen molar-refractivity contribution in [3.05, 3.63) is 75.7 Å². The zero-order chi connectivity index (χ0) is 26.5. The Hall–Kier alpha value is -2.91. The summed E-state index contributed by atoms with van der Waals surface area (Å²) in [4.78, 5) is 22.2. The van der Waals surface area contributed by atoms with Gasteiger partial charge in [0.2, 0.25) is 0 Å². The molecule has 0 unspecified atom stereocenters. The summed E-state index contributed by atoms with van der Waals surface area (Å²) in [5.41, 5.74) is 1.67. The van der Waals surface area contributed by atoms with Crippen LogP contribution in [0.3, 0.4) is 0 Å². The Kier molecular flexibility index (Phi) is 8.33. The minimum Gasteiger partial charge on any atom is -0.370 e. The van der Waals surface area contributed by atoms with Crippen LogP contribution in [0.15, 0.2) is 53.9 Å². The summed E-state index contributed by atoms with van der Waals surface area (Å²) < 4.78 is 40.1. The Morgan fingerprint density at radius 2 is 1.76 bits per heavy atom. The van der Waals surface area contributed by atoms with Gasteiger partial charge in [0, 0.05) is 24.4 Å². The van der Waals surface area contributed by atoms with Gasteiger partial charge in [-0.15, -0.1) is 11.3 Å². The van der Waals surface area contributed by atoms with Crippen LogP contribution in [0.2, 0.25) is 0 Å². The number of hydrogen-bond acceptors (Lipinski definition) is 5. The molecule has 3 heterocycles. The molecule has 0 spiro atoms. The molecule has 1 N–H and O–H groups in total. The van der Waals surface area contributed by atoms with Crippen LogP contribution in [0.1, 0.15) is 64.6 Å². The molecule has 0 radical (unpaired) electrons. The number of rotatable bonds is 8. The van der Waals surface area contributed by atoms with Crippen LogP contribution in [0, 0.1) is 0 Å². The van der Waals surface area contributed by atoms with Gasteiger partial charge < -0.3 is 15.1 Å². The van der Waals surface area contributed by atoms with Crippen LogP contribution >= 0.6 is 11.3 Å². The number of nitrogens with zero attached hydrogens (tertiary/aromatic N) is 3. The lowest BCUT2D eigenvalue weighted by Crippen LogP contribution is -2.33. The molecule has 2 aliphatic rings. The average Bonchev–Trinajstić information content (AvgIpc) is 3.62. The molecule has 1 aromatic heterocycles. The second kappa shape index (κ2) is 11.9. The first-order valence-electron chi connectivity index (χ1n) is 13.4. The van der Waals surface area contributed by atoms with Crippen molar-refractivity contribution in [1.82, 2.24) is 9.88 Å². The number of halogens is 3. The summed E-state index contributed by atoms with van der Waals surface area (Å²) >= 11 is 1.47. The van der Waals surface area contributed by atoms with Crippen molar-refractivity contribution in [2.75, 3.05) is 42.9 Å². The first-order valence-corrected chi connectivity index (χ1v) is 14.2. The predicted molar refractivity (Wildman–Crippen MR) is 146 cm³/mol. The van der Waals surface area contributed by atoms with Gasteiger partial charge in [-0.05, 0) is 81.9 Å². The molecule has 0 saturated carbocycles. The third kappa shape index (κ3) is 6.56. The molecule has 0 atom stereocenters. The first kappa shape index (κ1) is 26.7. The van der Waals surface area contributed by atoms with E-state index in [0.29, 0.717) is 11.6 Å². The number of benzene rings is 2. The quantitative estimate of drug-likeness (QED) is 0.339. The fraction of sp³-hybridized carbons (Fsp3) is 0.448. The molecule has 1 amide bonds. The van der Waals surface area contributed by atoms with Gasteiger partial charge in [0.05, 0.1) is 21.9 Å². The molecule has 2 fully saturated rings. The minimum absolute atomic E-state index is 0.185. The highest BCUT2D eigenvalue weighted by Gasteiger charge is 2.32. The van der Waals surface area contributed by atoms with Crippen LogP contribution in [-0.4, -0.2) is 48.5 Å². The van der Waals surface area contributed by atoms with E-state index in [2.05, 4.69) is 39.5 Å². The molecule has 0 bridgehead atoms. The molecule has 3 aromatic rings. The SMILES string of the molecule is O=C(Nc1cc(C(F)(F)F)ccc1N1CCCC1)c1csc(C2CCN(CCCc3ccccc3)CC2)n1. The zero-order valence-corrected chi connectivity index (χ0v) is 22.2. The van der Waals surface area contributed by atoms with Crippen molar-refractivity contribution in [3.8, 4) is 0 Å². The van der Waals surface area contributed by atoms with Crippen molar-refractivity contribution < 1.29 is 18.0 Å². The largest absolute Gasteiger partial charge is 0.416 e. The smallest absolute Gasteiger partial charge is 0.370 e. The molecule has 2 aromatic carbocycles. The van der Waals surface area contributed by atoms with Gasteiger partial charge in [-0.1, -0.05) is 30.3 Å². The van der Waals surface area contributed by atoms with Crippen molar-refractivity contribution in [1.29, 1.82) is 0 Å². The first-order chi connectivity index (χ1) is 18.4. The van der Waals surface area contributed by atoms with Gasteiger partial charge in [-0.3, -0.25) is 4.79 Å². The lowest BCUT2D eigenvalue weighted by molar-refractivity contribution is -0.137. The minimum atomic E-state index is -4.48. The molecule has 9 heteroatoms. The van der Waals surface area contributed by atoms with Crippen LogP contribution in [0.4, 0.5) is 24.5 Å². The highest BCUT2D eigenvalue weighted by molar-refractivity contribution is 7.10. The van der Waals surface area contributed by atoms with Crippen LogP contribution in [0.5, 0.6) is 0 Å². The Morgan fingerprint density at radius 3 is 2.47 bits per heavy atom. The molecule has 5 nitrogen and oxygen atoms in total. The lowest BCUT2D eigenvalue weighted by Gasteiger charge is -2.31. The number of hydrogen-bond donors (Lipinski definition) is 1. The number of piperidine rings is 1. The van der Waals surface area contributed by atoms with Gasteiger partial charge in [0.25, 0.3) is 5.91 Å². The maximum Gasteiger partial charge on any atom is 0.416 e. The van der Waals surface area contributed by atoms with Gasteiger partial charge in [0.1, 0.15) is 5.69 Å². The van der Waals surface area contributed by atoms with Gasteiger partial charge in [-0.25, -0.2) is 4.98 Å². The standard InChI is InChI=1S/C29H33F3N4OS/c30-29(31,32)23-10-11-26(36-15-4-5-16-36)24(19-23)33-27(37)25-20-38-28(34-25)22-12-17-35(18-13-22)14-6-9-21-7-2-1-3-8-21/h1-3,7-8,10-11,19-20,22H,4-6,9,12-18H2,(H,33,37). The van der Waals surface area contributed by atoms with Crippen molar-refractivity contribution in [2.45, 2.75) is 50.6 Å². The summed E-state index contributed by atoms with van der Waals surface area (Å²) in [5.74, 6) is -0.161. The molecule has 2 aliphatic heterocycles. The number of thiazole rings is 1. The molecule has 202 valence electrons. The number of aromatic nitrogens is 1. The average molecular weight is 543 g/mol. The van der Waals surface area contributed by atoms with E-state index in [0.717, 1.165) is 88.4 Å². The fourth-order valence-corrected chi connectivity index (χ4v) is 6.34. The Bertz CT molecular complexity index is 1220. The van der Waals surface area contributed by atoms with E-state index in [4.69, 9.17) is 0 Å². The second-order valence-corrected chi connectivity index (χ2v) is 11.0. The summed E-state index contributed by atoms with van der Waals surface area (Å²) in [6.07, 6.45) is 1.68. The van der Waals surface area contributed by atoms with Crippen molar-refractivity contribution >= 4 is 28.6 Å². The maximum absolute atomic E-state index is 13.4.